The number of nitrogens with one attached hydrogen (secondary N) is 1. The lowest BCUT2D eigenvalue weighted by atomic mass is 9.69. The van der Waals surface area contributed by atoms with Gasteiger partial charge in [-0.15, -0.1) is 5.10 Å². The molecule has 8 heteroatoms. The van der Waals surface area contributed by atoms with Gasteiger partial charge >= 0.3 is 0 Å². The number of aromatic nitrogens is 5. The van der Waals surface area contributed by atoms with Crippen molar-refractivity contribution in [2.24, 2.45) is 5.41 Å². The van der Waals surface area contributed by atoms with Gasteiger partial charge in [0.2, 0.25) is 0 Å². The van der Waals surface area contributed by atoms with E-state index in [0.717, 1.165) is 66.8 Å². The summed E-state index contributed by atoms with van der Waals surface area (Å²) in [6.07, 6.45) is 11.2. The minimum absolute atomic E-state index is 0.0493. The first kappa shape index (κ1) is 22.9. The van der Waals surface area contributed by atoms with Gasteiger partial charge in [-0.05, 0) is 84.9 Å². The van der Waals surface area contributed by atoms with Crippen LogP contribution in [0.5, 0.6) is 0 Å². The molecule has 35 heavy (non-hydrogen) atoms. The molecular formula is C27H36N6O2. The highest BCUT2D eigenvalue weighted by molar-refractivity contribution is 5.82. The van der Waals surface area contributed by atoms with Crippen molar-refractivity contribution in [1.82, 2.24) is 30.1 Å². The predicted octanol–water partition coefficient (Wildman–Crippen LogP) is 4.14. The van der Waals surface area contributed by atoms with Crippen LogP contribution in [0.25, 0.3) is 10.9 Å². The molecule has 2 aliphatic heterocycles. The van der Waals surface area contributed by atoms with Crippen LogP contribution < -0.4 is 5.56 Å². The fourth-order valence-electron chi connectivity index (χ4n) is 6.80. The number of pyridine rings is 1. The summed E-state index contributed by atoms with van der Waals surface area (Å²) in [7, 11) is 0. The number of piperidine rings is 1. The SMILES string of the molecule is Cc1cccc2cc([C@@H](c3nnnn3C[C@@H]3CCCO3)N3CCCC4(CCCCC4)C3)c(=O)[nH]c12. The molecule has 3 fully saturated rings. The van der Waals surface area contributed by atoms with Gasteiger partial charge in [0, 0.05) is 18.7 Å². The number of hydrogen-bond acceptors (Lipinski definition) is 6. The highest BCUT2D eigenvalue weighted by atomic mass is 16.5. The molecule has 8 nitrogen and oxygen atoms in total. The molecule has 6 rings (SSSR count). The number of nitrogens with zero attached hydrogens (tertiary/aromatic N) is 5. The summed E-state index contributed by atoms with van der Waals surface area (Å²) in [5, 5.41) is 14.0. The second-order valence-corrected chi connectivity index (χ2v) is 11.0. The fourth-order valence-corrected chi connectivity index (χ4v) is 6.80. The van der Waals surface area contributed by atoms with Crippen LogP contribution in [0.2, 0.25) is 0 Å². The van der Waals surface area contributed by atoms with Crippen LogP contribution in [0.1, 0.15) is 80.8 Å². The Balaban J connectivity index is 1.44. The van der Waals surface area contributed by atoms with Gasteiger partial charge in [-0.2, -0.15) is 0 Å². The maximum Gasteiger partial charge on any atom is 0.253 e. The molecule has 1 aromatic carbocycles. The van der Waals surface area contributed by atoms with Crippen LogP contribution in [-0.4, -0.2) is 55.9 Å². The number of hydrogen-bond donors (Lipinski definition) is 1. The van der Waals surface area contributed by atoms with Gasteiger partial charge in [-0.1, -0.05) is 37.5 Å². The molecule has 2 atom stereocenters. The zero-order valence-electron chi connectivity index (χ0n) is 20.7. The molecule has 1 spiro atoms. The fraction of sp³-hybridized carbons (Fsp3) is 0.630. The van der Waals surface area contributed by atoms with E-state index >= 15 is 0 Å². The zero-order chi connectivity index (χ0) is 23.8. The summed E-state index contributed by atoms with van der Waals surface area (Å²) < 4.78 is 7.79. The quantitative estimate of drug-likeness (QED) is 0.595. The number of H-pyrrole nitrogens is 1. The van der Waals surface area contributed by atoms with Crippen molar-refractivity contribution in [2.75, 3.05) is 19.7 Å². The minimum atomic E-state index is -0.279. The third kappa shape index (κ3) is 4.42. The number of fused-ring (bicyclic) bond motifs is 1. The number of ether oxygens (including phenoxy) is 1. The molecular weight excluding hydrogens is 440 g/mol. The van der Waals surface area contributed by atoms with Crippen molar-refractivity contribution < 1.29 is 4.74 Å². The Labute approximate surface area is 206 Å². The standard InChI is InChI=1S/C27H36N6O2/c1-19-8-5-9-20-16-22(26(34)28-23(19)20)24(25-29-30-31-33(25)17-21-10-6-15-35-21)32-14-7-13-27(18-32)11-3-2-4-12-27/h5,8-9,16,21,24H,2-4,6-7,10-15,17-18H2,1H3,(H,28,34)/t21-,24-/m0/s1. The van der Waals surface area contributed by atoms with Crippen molar-refractivity contribution in [1.29, 1.82) is 0 Å². The number of aromatic amines is 1. The average molecular weight is 477 g/mol. The second kappa shape index (κ2) is 9.47. The van der Waals surface area contributed by atoms with Gasteiger partial charge in [0.1, 0.15) is 6.04 Å². The number of likely N-dealkylation sites (tertiary alicyclic amines) is 1. The summed E-state index contributed by atoms with van der Waals surface area (Å²) in [4.78, 5) is 19.3. The maximum atomic E-state index is 13.6. The minimum Gasteiger partial charge on any atom is -0.376 e. The Morgan fingerprint density at radius 1 is 1.17 bits per heavy atom. The Kier molecular flexibility index (Phi) is 6.18. The molecule has 0 amide bonds. The van der Waals surface area contributed by atoms with Crippen molar-refractivity contribution >= 4 is 10.9 Å². The van der Waals surface area contributed by atoms with E-state index in [2.05, 4.69) is 37.5 Å². The van der Waals surface area contributed by atoms with E-state index in [0.29, 0.717) is 12.0 Å². The van der Waals surface area contributed by atoms with Gasteiger partial charge in [-0.3, -0.25) is 9.69 Å². The maximum absolute atomic E-state index is 13.6. The Bertz CT molecular complexity index is 1230. The summed E-state index contributed by atoms with van der Waals surface area (Å²) in [5.41, 5.74) is 3.01. The normalized spacial score (nSPS) is 23.7. The molecule has 3 aromatic rings. The Morgan fingerprint density at radius 3 is 2.86 bits per heavy atom. The van der Waals surface area contributed by atoms with E-state index in [1.165, 1.54) is 38.5 Å². The van der Waals surface area contributed by atoms with Crippen LogP contribution in [0, 0.1) is 12.3 Å². The van der Waals surface area contributed by atoms with E-state index in [1.807, 2.05) is 23.7 Å². The highest BCUT2D eigenvalue weighted by Gasteiger charge is 2.41. The van der Waals surface area contributed by atoms with Crippen LogP contribution in [0.3, 0.4) is 0 Å². The third-order valence-electron chi connectivity index (χ3n) is 8.59. The van der Waals surface area contributed by atoms with Crippen LogP contribution in [0.4, 0.5) is 0 Å². The van der Waals surface area contributed by atoms with E-state index in [9.17, 15) is 4.79 Å². The first-order chi connectivity index (χ1) is 17.1. The lowest BCUT2D eigenvalue weighted by Crippen LogP contribution is -2.47. The molecule has 1 saturated carbocycles. The molecule has 1 N–H and O–H groups in total. The summed E-state index contributed by atoms with van der Waals surface area (Å²) in [5.74, 6) is 0.755. The molecule has 1 aliphatic carbocycles. The number of para-hydroxylation sites is 1. The van der Waals surface area contributed by atoms with E-state index < -0.39 is 0 Å². The summed E-state index contributed by atoms with van der Waals surface area (Å²) in [6.45, 7) is 5.40. The van der Waals surface area contributed by atoms with Gasteiger partial charge in [-0.25, -0.2) is 4.68 Å². The molecule has 0 unspecified atom stereocenters. The van der Waals surface area contributed by atoms with Gasteiger partial charge in [0.25, 0.3) is 5.56 Å². The van der Waals surface area contributed by atoms with E-state index in [4.69, 9.17) is 4.74 Å². The first-order valence-corrected chi connectivity index (χ1v) is 13.4. The largest absolute Gasteiger partial charge is 0.376 e. The Morgan fingerprint density at radius 2 is 2.03 bits per heavy atom. The van der Waals surface area contributed by atoms with Gasteiger partial charge < -0.3 is 9.72 Å². The third-order valence-corrected chi connectivity index (χ3v) is 8.59. The first-order valence-electron chi connectivity index (χ1n) is 13.4. The van der Waals surface area contributed by atoms with E-state index in [-0.39, 0.29) is 17.7 Å². The topological polar surface area (TPSA) is 88.9 Å². The van der Waals surface area contributed by atoms with Crippen LogP contribution in [-0.2, 0) is 11.3 Å². The highest BCUT2D eigenvalue weighted by Crippen LogP contribution is 2.45. The van der Waals surface area contributed by atoms with Crippen molar-refractivity contribution in [3.05, 3.63) is 51.6 Å². The van der Waals surface area contributed by atoms with Crippen LogP contribution >= 0.6 is 0 Å². The monoisotopic (exact) mass is 476 g/mol. The number of rotatable bonds is 5. The van der Waals surface area contributed by atoms with Gasteiger partial charge in [0.15, 0.2) is 5.82 Å². The number of tetrazole rings is 1. The molecule has 3 aliphatic rings. The molecule has 2 aromatic heterocycles. The molecule has 0 bridgehead atoms. The Hall–Kier alpha value is -2.58. The summed E-state index contributed by atoms with van der Waals surface area (Å²) in [6, 6.07) is 7.95. The van der Waals surface area contributed by atoms with Gasteiger partial charge in [0.05, 0.1) is 18.2 Å². The van der Waals surface area contributed by atoms with Crippen molar-refractivity contribution in [3.63, 3.8) is 0 Å². The number of aryl methyl sites for hydroxylation is 1. The second-order valence-electron chi connectivity index (χ2n) is 11.0. The zero-order valence-corrected chi connectivity index (χ0v) is 20.7. The van der Waals surface area contributed by atoms with Crippen molar-refractivity contribution in [2.45, 2.75) is 83.4 Å². The average Bonchev–Trinajstić information content (AvgIpc) is 3.54. The van der Waals surface area contributed by atoms with E-state index in [1.54, 1.807) is 0 Å². The van der Waals surface area contributed by atoms with Crippen LogP contribution in [0.15, 0.2) is 29.1 Å². The molecule has 2 saturated heterocycles. The smallest absolute Gasteiger partial charge is 0.253 e. The molecule has 4 heterocycles. The summed E-state index contributed by atoms with van der Waals surface area (Å²) >= 11 is 0. The number of benzene rings is 1. The molecule has 0 radical (unpaired) electrons. The lowest BCUT2D eigenvalue weighted by Gasteiger charge is -2.47. The van der Waals surface area contributed by atoms with Crippen molar-refractivity contribution in [3.8, 4) is 0 Å². The lowest BCUT2D eigenvalue weighted by molar-refractivity contribution is 0.0326. The molecule has 186 valence electrons. The predicted molar refractivity (Wildman–Crippen MR) is 134 cm³/mol.